The first kappa shape index (κ1) is 13.7. The number of carbonyl (C=O) groups excluding carboxylic acids is 1. The lowest BCUT2D eigenvalue weighted by Gasteiger charge is -2.07. The Balaban J connectivity index is 2.62. The summed E-state index contributed by atoms with van der Waals surface area (Å²) in [6.45, 7) is 8.40. The van der Waals surface area contributed by atoms with Gasteiger partial charge in [0.2, 0.25) is 5.78 Å². The molecule has 0 saturated heterocycles. The molecule has 0 aliphatic heterocycles. The second kappa shape index (κ2) is 5.84. The van der Waals surface area contributed by atoms with Gasteiger partial charge in [-0.15, -0.1) is 5.54 Å². The molecule has 1 nitrogen and oxygen atoms in total. The third-order valence-electron chi connectivity index (χ3n) is 2.39. The molecule has 1 rings (SSSR count). The minimum atomic E-state index is -1.44. The van der Waals surface area contributed by atoms with E-state index in [1.807, 2.05) is 25.1 Å². The molecule has 0 unspecified atom stereocenters. The van der Waals surface area contributed by atoms with Gasteiger partial charge >= 0.3 is 0 Å². The largest absolute Gasteiger partial charge is 0.285 e. The summed E-state index contributed by atoms with van der Waals surface area (Å²) < 4.78 is 0. The lowest BCUT2D eigenvalue weighted by atomic mass is 9.98. The number of hydrogen-bond acceptors (Lipinski definition) is 1. The predicted molar refractivity (Wildman–Crippen MR) is 75.4 cm³/mol. The van der Waals surface area contributed by atoms with Crippen LogP contribution in [0.1, 0.15) is 12.5 Å². The SMILES string of the molecule is C[C@H](Cc1ccccc1)C(=O)C#C[Si](C)(C)C. The van der Waals surface area contributed by atoms with Crippen LogP contribution in [0.25, 0.3) is 0 Å². The average Bonchev–Trinajstić information content (AvgIpc) is 2.26. The fourth-order valence-electron chi connectivity index (χ4n) is 1.43. The first-order valence-electron chi connectivity index (χ1n) is 5.99. The maximum Gasteiger partial charge on any atom is 0.207 e. The zero-order chi connectivity index (χ0) is 12.9. The van der Waals surface area contributed by atoms with Crippen molar-refractivity contribution >= 4 is 13.9 Å². The topological polar surface area (TPSA) is 17.1 Å². The number of ketones is 1. The van der Waals surface area contributed by atoms with E-state index in [0.29, 0.717) is 0 Å². The Labute approximate surface area is 105 Å². The maximum absolute atomic E-state index is 11.8. The van der Waals surface area contributed by atoms with Crippen molar-refractivity contribution < 1.29 is 4.79 Å². The van der Waals surface area contributed by atoms with Crippen LogP contribution in [0.15, 0.2) is 30.3 Å². The van der Waals surface area contributed by atoms with E-state index in [2.05, 4.69) is 43.2 Å². The van der Waals surface area contributed by atoms with Gasteiger partial charge < -0.3 is 0 Å². The lowest BCUT2D eigenvalue weighted by Crippen LogP contribution is -2.18. The standard InChI is InChI=1S/C15H20OSi/c1-13(12-14-8-6-5-7-9-14)15(16)10-11-17(2,3)4/h5-9,13H,12H2,1-4H3/t13-/m1/s1. The minimum absolute atomic E-state index is 0.0127. The summed E-state index contributed by atoms with van der Waals surface area (Å²) >= 11 is 0. The molecule has 1 aromatic carbocycles. The molecule has 0 bridgehead atoms. The third-order valence-corrected chi connectivity index (χ3v) is 3.27. The summed E-state index contributed by atoms with van der Waals surface area (Å²) in [4.78, 5) is 11.8. The summed E-state index contributed by atoms with van der Waals surface area (Å²) in [6, 6.07) is 10.1. The first-order valence-corrected chi connectivity index (χ1v) is 9.49. The van der Waals surface area contributed by atoms with Crippen molar-refractivity contribution in [2.24, 2.45) is 5.92 Å². The van der Waals surface area contributed by atoms with Crippen molar-refractivity contribution in [3.05, 3.63) is 35.9 Å². The van der Waals surface area contributed by atoms with Crippen LogP contribution in [0.3, 0.4) is 0 Å². The van der Waals surface area contributed by atoms with Gasteiger partial charge in [0.25, 0.3) is 0 Å². The van der Waals surface area contributed by atoms with Gasteiger partial charge in [-0.2, -0.15) is 0 Å². The molecule has 1 atom stereocenters. The quantitative estimate of drug-likeness (QED) is 0.589. The Bertz CT molecular complexity index is 431. The van der Waals surface area contributed by atoms with E-state index in [-0.39, 0.29) is 11.7 Å². The van der Waals surface area contributed by atoms with E-state index in [0.717, 1.165) is 6.42 Å². The summed E-state index contributed by atoms with van der Waals surface area (Å²) in [7, 11) is -1.44. The van der Waals surface area contributed by atoms with Crippen molar-refractivity contribution in [2.45, 2.75) is 33.0 Å². The highest BCUT2D eigenvalue weighted by atomic mass is 28.3. The van der Waals surface area contributed by atoms with Gasteiger partial charge in [-0.1, -0.05) is 56.9 Å². The number of rotatable bonds is 3. The molecular weight excluding hydrogens is 224 g/mol. The van der Waals surface area contributed by atoms with Crippen molar-refractivity contribution in [1.82, 2.24) is 0 Å². The lowest BCUT2D eigenvalue weighted by molar-refractivity contribution is -0.116. The number of benzene rings is 1. The van der Waals surface area contributed by atoms with Gasteiger partial charge in [0, 0.05) is 5.92 Å². The van der Waals surface area contributed by atoms with Crippen LogP contribution >= 0.6 is 0 Å². The molecule has 0 spiro atoms. The summed E-state index contributed by atoms with van der Waals surface area (Å²) in [5.74, 6) is 2.87. The van der Waals surface area contributed by atoms with E-state index < -0.39 is 8.07 Å². The molecule has 0 amide bonds. The average molecular weight is 244 g/mol. The van der Waals surface area contributed by atoms with Crippen LogP contribution in [0.5, 0.6) is 0 Å². The van der Waals surface area contributed by atoms with Crippen LogP contribution in [0.4, 0.5) is 0 Å². The molecule has 90 valence electrons. The molecule has 1 aromatic rings. The van der Waals surface area contributed by atoms with Crippen LogP contribution < -0.4 is 0 Å². The molecule has 0 N–H and O–H groups in total. The number of Topliss-reactive ketones (excluding diaryl/α,β-unsaturated/α-hetero) is 1. The Kier molecular flexibility index (Phi) is 4.71. The molecule has 0 saturated carbocycles. The second-order valence-electron chi connectivity index (χ2n) is 5.46. The van der Waals surface area contributed by atoms with Gasteiger partial charge in [-0.05, 0) is 17.9 Å². The second-order valence-corrected chi connectivity index (χ2v) is 10.2. The van der Waals surface area contributed by atoms with Crippen LogP contribution in [0, 0.1) is 17.4 Å². The fraction of sp³-hybridized carbons (Fsp3) is 0.400. The molecular formula is C15H20OSi. The summed E-state index contributed by atoms with van der Waals surface area (Å²) in [5.41, 5.74) is 4.33. The van der Waals surface area contributed by atoms with Gasteiger partial charge in [-0.25, -0.2) is 0 Å². The Morgan fingerprint density at radius 1 is 1.24 bits per heavy atom. The molecule has 0 aliphatic carbocycles. The minimum Gasteiger partial charge on any atom is -0.285 e. The first-order chi connectivity index (χ1) is 7.88. The highest BCUT2D eigenvalue weighted by molar-refractivity contribution is 6.84. The van der Waals surface area contributed by atoms with Gasteiger partial charge in [-0.3, -0.25) is 4.79 Å². The van der Waals surface area contributed by atoms with Crippen LogP contribution in [-0.4, -0.2) is 13.9 Å². The number of carbonyl (C=O) groups is 1. The van der Waals surface area contributed by atoms with Gasteiger partial charge in [0.1, 0.15) is 8.07 Å². The summed E-state index contributed by atoms with van der Waals surface area (Å²) in [5, 5.41) is 0. The van der Waals surface area contributed by atoms with Crippen molar-refractivity contribution in [3.63, 3.8) is 0 Å². The van der Waals surface area contributed by atoms with Gasteiger partial charge in [0.05, 0.1) is 0 Å². The van der Waals surface area contributed by atoms with Gasteiger partial charge in [0.15, 0.2) is 0 Å². The van der Waals surface area contributed by atoms with Crippen molar-refractivity contribution in [2.75, 3.05) is 0 Å². The molecule has 0 aliphatic rings. The molecule has 2 heteroatoms. The highest BCUT2D eigenvalue weighted by Gasteiger charge is 2.13. The molecule has 0 aromatic heterocycles. The van der Waals surface area contributed by atoms with E-state index in [9.17, 15) is 4.79 Å². The summed E-state index contributed by atoms with van der Waals surface area (Å²) in [6.07, 6.45) is 0.778. The van der Waals surface area contributed by atoms with E-state index in [1.54, 1.807) is 0 Å². The third kappa shape index (κ3) is 5.51. The Morgan fingerprint density at radius 3 is 2.35 bits per heavy atom. The van der Waals surface area contributed by atoms with Crippen molar-refractivity contribution in [1.29, 1.82) is 0 Å². The maximum atomic E-state index is 11.8. The fourth-order valence-corrected chi connectivity index (χ4v) is 1.93. The van der Waals surface area contributed by atoms with Crippen LogP contribution in [-0.2, 0) is 11.2 Å². The zero-order valence-corrected chi connectivity index (χ0v) is 12.1. The van der Waals surface area contributed by atoms with E-state index >= 15 is 0 Å². The molecule has 17 heavy (non-hydrogen) atoms. The molecule has 0 radical (unpaired) electrons. The normalized spacial score (nSPS) is 12.5. The van der Waals surface area contributed by atoms with Crippen LogP contribution in [0.2, 0.25) is 19.6 Å². The molecule has 0 heterocycles. The zero-order valence-electron chi connectivity index (χ0n) is 11.1. The number of hydrogen-bond donors (Lipinski definition) is 0. The van der Waals surface area contributed by atoms with E-state index in [1.165, 1.54) is 5.56 Å². The monoisotopic (exact) mass is 244 g/mol. The smallest absolute Gasteiger partial charge is 0.207 e. The van der Waals surface area contributed by atoms with E-state index in [4.69, 9.17) is 0 Å². The Morgan fingerprint density at radius 2 is 1.82 bits per heavy atom. The predicted octanol–water partition coefficient (Wildman–Crippen LogP) is 3.32. The molecule has 0 fully saturated rings. The highest BCUT2D eigenvalue weighted by Crippen LogP contribution is 2.09. The Hall–Kier alpha value is -1.33. The van der Waals surface area contributed by atoms with Crippen molar-refractivity contribution in [3.8, 4) is 11.5 Å².